The molecular weight excluding hydrogens is 326 g/mol. The van der Waals surface area contributed by atoms with E-state index in [9.17, 15) is 13.2 Å². The minimum atomic E-state index is -3.27. The van der Waals surface area contributed by atoms with E-state index in [1.807, 2.05) is 30.0 Å². The van der Waals surface area contributed by atoms with Gasteiger partial charge in [-0.25, -0.2) is 12.7 Å². The summed E-state index contributed by atoms with van der Waals surface area (Å²) in [7, 11) is -3.27. The smallest absolute Gasteiger partial charge is 0.241 e. The Morgan fingerprint density at radius 1 is 1.17 bits per heavy atom. The Bertz CT molecular complexity index is 720. The maximum atomic E-state index is 12.9. The molecule has 0 aromatic heterocycles. The summed E-state index contributed by atoms with van der Waals surface area (Å²) in [6, 6.07) is 7.81. The van der Waals surface area contributed by atoms with E-state index in [0.29, 0.717) is 19.6 Å². The van der Waals surface area contributed by atoms with Crippen LogP contribution in [0.2, 0.25) is 0 Å². The van der Waals surface area contributed by atoms with Crippen molar-refractivity contribution in [2.75, 3.05) is 39.0 Å². The Morgan fingerprint density at radius 2 is 1.96 bits per heavy atom. The van der Waals surface area contributed by atoms with E-state index < -0.39 is 10.0 Å². The minimum Gasteiger partial charge on any atom is -0.336 e. The molecule has 1 aromatic carbocycles. The summed E-state index contributed by atoms with van der Waals surface area (Å²) >= 11 is 0. The van der Waals surface area contributed by atoms with Gasteiger partial charge in [-0.15, -0.1) is 0 Å². The fourth-order valence-electron chi connectivity index (χ4n) is 3.57. The zero-order valence-electron chi connectivity index (χ0n) is 14.3. The van der Waals surface area contributed by atoms with Crippen LogP contribution in [0.1, 0.15) is 17.5 Å². The summed E-state index contributed by atoms with van der Waals surface area (Å²) in [5, 5.41) is 0. The van der Waals surface area contributed by atoms with Gasteiger partial charge in [-0.1, -0.05) is 29.8 Å². The molecule has 2 saturated heterocycles. The average Bonchev–Trinajstić information content (AvgIpc) is 2.73. The van der Waals surface area contributed by atoms with E-state index >= 15 is 0 Å². The molecule has 7 heteroatoms. The van der Waals surface area contributed by atoms with E-state index in [4.69, 9.17) is 0 Å². The molecule has 2 heterocycles. The highest BCUT2D eigenvalue weighted by atomic mass is 32.2. The highest BCUT2D eigenvalue weighted by molar-refractivity contribution is 7.88. The molecule has 2 aliphatic heterocycles. The van der Waals surface area contributed by atoms with Crippen LogP contribution in [0.3, 0.4) is 0 Å². The average molecular weight is 351 g/mol. The molecule has 2 fully saturated rings. The molecule has 2 aliphatic rings. The second-order valence-corrected chi connectivity index (χ2v) is 8.76. The number of sulfonamides is 1. The standard InChI is InChI=1S/C17H25N3O3S/c1-14-5-3-6-15(11-14)12-19-10-9-18-7-4-8-20(24(2,22)23)13-16(18)17(19)21/h3,5-6,11,16H,4,7-10,12-13H2,1-2H3. The van der Waals surface area contributed by atoms with Crippen LogP contribution in [-0.4, -0.2) is 73.5 Å². The van der Waals surface area contributed by atoms with Crippen LogP contribution in [0.5, 0.6) is 0 Å². The molecule has 132 valence electrons. The number of carbonyl (C=O) groups is 1. The summed E-state index contributed by atoms with van der Waals surface area (Å²) in [6.07, 6.45) is 2.00. The molecule has 0 radical (unpaired) electrons. The Kier molecular flexibility index (Phi) is 4.94. The van der Waals surface area contributed by atoms with Crippen molar-refractivity contribution in [2.24, 2.45) is 0 Å². The fraction of sp³-hybridized carbons (Fsp3) is 0.588. The lowest BCUT2D eigenvalue weighted by molar-refractivity contribution is -0.142. The number of nitrogens with zero attached hydrogens (tertiary/aromatic N) is 3. The van der Waals surface area contributed by atoms with Crippen molar-refractivity contribution in [2.45, 2.75) is 25.9 Å². The second kappa shape index (κ2) is 6.82. The highest BCUT2D eigenvalue weighted by Gasteiger charge is 2.38. The summed E-state index contributed by atoms with van der Waals surface area (Å²) < 4.78 is 25.3. The van der Waals surface area contributed by atoms with Crippen LogP contribution in [0.25, 0.3) is 0 Å². The Labute approximate surface area is 144 Å². The maximum Gasteiger partial charge on any atom is 0.241 e. The summed E-state index contributed by atoms with van der Waals surface area (Å²) in [6.45, 7) is 5.67. The molecule has 0 spiro atoms. The van der Waals surface area contributed by atoms with Crippen molar-refractivity contribution >= 4 is 15.9 Å². The van der Waals surface area contributed by atoms with Gasteiger partial charge in [-0.3, -0.25) is 9.69 Å². The van der Waals surface area contributed by atoms with Crippen LogP contribution < -0.4 is 0 Å². The van der Waals surface area contributed by atoms with Crippen LogP contribution in [0.15, 0.2) is 24.3 Å². The topological polar surface area (TPSA) is 60.9 Å². The van der Waals surface area contributed by atoms with E-state index in [0.717, 1.165) is 25.1 Å². The van der Waals surface area contributed by atoms with Gasteiger partial charge in [-0.05, 0) is 18.9 Å². The molecule has 1 amide bonds. The number of rotatable bonds is 3. The molecule has 0 saturated carbocycles. The summed E-state index contributed by atoms with van der Waals surface area (Å²) in [5.74, 6) is 0.0401. The number of hydrogen-bond donors (Lipinski definition) is 0. The molecule has 1 atom stereocenters. The molecule has 1 unspecified atom stereocenters. The highest BCUT2D eigenvalue weighted by Crippen LogP contribution is 2.20. The molecule has 0 bridgehead atoms. The van der Waals surface area contributed by atoms with E-state index in [1.165, 1.54) is 16.1 Å². The first-order valence-corrected chi connectivity index (χ1v) is 10.2. The van der Waals surface area contributed by atoms with Crippen molar-refractivity contribution in [3.05, 3.63) is 35.4 Å². The normalized spacial score (nSPS) is 23.8. The number of piperazine rings is 1. The molecular formula is C17H25N3O3S. The van der Waals surface area contributed by atoms with Crippen LogP contribution in [0.4, 0.5) is 0 Å². The van der Waals surface area contributed by atoms with E-state index in [1.54, 1.807) is 0 Å². The van der Waals surface area contributed by atoms with Crippen molar-refractivity contribution in [3.63, 3.8) is 0 Å². The van der Waals surface area contributed by atoms with Crippen LogP contribution in [-0.2, 0) is 21.4 Å². The maximum absolute atomic E-state index is 12.9. The van der Waals surface area contributed by atoms with Crippen molar-refractivity contribution in [3.8, 4) is 0 Å². The Hall–Kier alpha value is -1.44. The third kappa shape index (κ3) is 3.79. The molecule has 6 nitrogen and oxygen atoms in total. The van der Waals surface area contributed by atoms with Gasteiger partial charge in [0.05, 0.1) is 6.26 Å². The largest absolute Gasteiger partial charge is 0.336 e. The predicted molar refractivity (Wildman–Crippen MR) is 93.0 cm³/mol. The molecule has 0 aliphatic carbocycles. The Balaban J connectivity index is 1.76. The summed E-state index contributed by atoms with van der Waals surface area (Å²) in [5.41, 5.74) is 2.29. The SMILES string of the molecule is Cc1cccc(CN2CCN3CCCN(S(C)(=O)=O)CC3C2=O)c1. The number of amides is 1. The zero-order valence-corrected chi connectivity index (χ0v) is 15.1. The zero-order chi connectivity index (χ0) is 17.3. The fourth-order valence-corrected chi connectivity index (χ4v) is 4.44. The quantitative estimate of drug-likeness (QED) is 0.803. The summed E-state index contributed by atoms with van der Waals surface area (Å²) in [4.78, 5) is 16.9. The van der Waals surface area contributed by atoms with Crippen molar-refractivity contribution < 1.29 is 13.2 Å². The minimum absolute atomic E-state index is 0.0401. The number of benzene rings is 1. The number of carbonyl (C=O) groups excluding carboxylic acids is 1. The molecule has 3 rings (SSSR count). The van der Waals surface area contributed by atoms with Crippen LogP contribution >= 0.6 is 0 Å². The molecule has 0 N–H and O–H groups in total. The third-order valence-corrected chi connectivity index (χ3v) is 6.12. The van der Waals surface area contributed by atoms with E-state index in [-0.39, 0.29) is 18.5 Å². The van der Waals surface area contributed by atoms with Gasteiger partial charge < -0.3 is 4.90 Å². The third-order valence-electron chi connectivity index (χ3n) is 4.85. The lowest BCUT2D eigenvalue weighted by Gasteiger charge is -2.40. The number of aryl methyl sites for hydroxylation is 1. The van der Waals surface area contributed by atoms with E-state index in [2.05, 4.69) is 11.0 Å². The van der Waals surface area contributed by atoms with Gasteiger partial charge >= 0.3 is 0 Å². The van der Waals surface area contributed by atoms with Gasteiger partial charge in [0.1, 0.15) is 6.04 Å². The lowest BCUT2D eigenvalue weighted by atomic mass is 10.1. The first-order chi connectivity index (χ1) is 11.3. The number of hydrogen-bond acceptors (Lipinski definition) is 4. The number of fused-ring (bicyclic) bond motifs is 1. The van der Waals surface area contributed by atoms with Gasteiger partial charge in [-0.2, -0.15) is 0 Å². The molecule has 1 aromatic rings. The lowest BCUT2D eigenvalue weighted by Crippen LogP contribution is -2.59. The molecule has 24 heavy (non-hydrogen) atoms. The first kappa shape index (κ1) is 17.4. The van der Waals surface area contributed by atoms with Gasteiger partial charge in [0, 0.05) is 39.3 Å². The predicted octanol–water partition coefficient (Wildman–Crippen LogP) is 0.673. The van der Waals surface area contributed by atoms with Gasteiger partial charge in [0.25, 0.3) is 0 Å². The van der Waals surface area contributed by atoms with Crippen molar-refractivity contribution in [1.82, 2.24) is 14.1 Å². The van der Waals surface area contributed by atoms with Crippen molar-refractivity contribution in [1.29, 1.82) is 0 Å². The Morgan fingerprint density at radius 3 is 2.67 bits per heavy atom. The van der Waals surface area contributed by atoms with Gasteiger partial charge in [0.15, 0.2) is 0 Å². The second-order valence-electron chi connectivity index (χ2n) is 6.78. The van der Waals surface area contributed by atoms with Crippen LogP contribution in [0, 0.1) is 6.92 Å². The van der Waals surface area contributed by atoms with Gasteiger partial charge in [0.2, 0.25) is 15.9 Å². The first-order valence-electron chi connectivity index (χ1n) is 8.38. The monoisotopic (exact) mass is 351 g/mol.